The topological polar surface area (TPSA) is 78.9 Å². The number of carbonyl (C=O) groups is 3. The van der Waals surface area contributed by atoms with Crippen LogP contribution in [0.2, 0.25) is 0 Å². The second-order valence-corrected chi connectivity index (χ2v) is 21.7. The van der Waals surface area contributed by atoms with Gasteiger partial charge in [0.05, 0.1) is 0 Å². The second-order valence-electron chi connectivity index (χ2n) is 21.7. The second kappa shape index (κ2) is 63.4. The van der Waals surface area contributed by atoms with Crippen LogP contribution in [0.5, 0.6) is 0 Å². The van der Waals surface area contributed by atoms with Crippen LogP contribution in [0.4, 0.5) is 0 Å². The first-order chi connectivity index (χ1) is 37.0. The van der Waals surface area contributed by atoms with Gasteiger partial charge >= 0.3 is 17.9 Å². The van der Waals surface area contributed by atoms with Gasteiger partial charge in [0.2, 0.25) is 0 Å². The summed E-state index contributed by atoms with van der Waals surface area (Å²) in [4.78, 5) is 38.0. The molecule has 0 aliphatic rings. The van der Waals surface area contributed by atoms with E-state index in [1.807, 2.05) is 0 Å². The Labute approximate surface area is 465 Å². The Balaban J connectivity index is 4.00. The predicted molar refractivity (Wildman–Crippen MR) is 325 cm³/mol. The van der Waals surface area contributed by atoms with E-state index in [4.69, 9.17) is 14.2 Å². The Morgan fingerprint density at radius 3 is 0.813 bits per heavy atom. The molecule has 434 valence electrons. The molecule has 1 atom stereocenters. The monoisotopic (exact) mass is 1050 g/mol. The summed E-state index contributed by atoms with van der Waals surface area (Å²) in [6, 6.07) is 0. The maximum Gasteiger partial charge on any atom is 0.306 e. The number of hydrogen-bond donors (Lipinski definition) is 0. The molecule has 0 aromatic rings. The highest BCUT2D eigenvalue weighted by Crippen LogP contribution is 2.17. The molecule has 0 rings (SSSR count). The fourth-order valence-electron chi connectivity index (χ4n) is 9.39. The molecule has 75 heavy (non-hydrogen) atoms. The van der Waals surface area contributed by atoms with Crippen molar-refractivity contribution in [1.29, 1.82) is 0 Å². The highest BCUT2D eigenvalue weighted by molar-refractivity contribution is 5.71. The van der Waals surface area contributed by atoms with Crippen LogP contribution >= 0.6 is 0 Å². The summed E-state index contributed by atoms with van der Waals surface area (Å²) >= 11 is 0. The zero-order valence-corrected chi connectivity index (χ0v) is 49.8. The lowest BCUT2D eigenvalue weighted by molar-refractivity contribution is -0.167. The molecule has 0 saturated carbocycles. The summed E-state index contributed by atoms with van der Waals surface area (Å²) in [5.74, 6) is -0.863. The molecule has 1 unspecified atom stereocenters. The molecule has 0 amide bonds. The number of unbranched alkanes of at least 4 members (excludes halogenated alkanes) is 36. The Morgan fingerprint density at radius 2 is 0.520 bits per heavy atom. The molecule has 0 saturated heterocycles. The minimum atomic E-state index is -0.768. The first-order valence-corrected chi connectivity index (χ1v) is 32.4. The summed E-state index contributed by atoms with van der Waals surface area (Å²) in [7, 11) is 0. The molecular weight excluding hydrogens is 925 g/mol. The molecule has 0 bridgehead atoms. The Bertz CT molecular complexity index is 1390. The number of rotatable bonds is 59. The van der Waals surface area contributed by atoms with Crippen LogP contribution in [0.25, 0.3) is 0 Å². The summed E-state index contributed by atoms with van der Waals surface area (Å²) in [5, 5.41) is 0. The van der Waals surface area contributed by atoms with E-state index in [1.54, 1.807) is 0 Å². The van der Waals surface area contributed by atoms with E-state index in [0.717, 1.165) is 96.3 Å². The fourth-order valence-corrected chi connectivity index (χ4v) is 9.39. The largest absolute Gasteiger partial charge is 0.462 e. The molecule has 6 nitrogen and oxygen atoms in total. The Kier molecular flexibility index (Phi) is 60.7. The maximum absolute atomic E-state index is 12.8. The molecule has 0 N–H and O–H groups in total. The predicted octanol–water partition coefficient (Wildman–Crippen LogP) is 22.1. The van der Waals surface area contributed by atoms with Gasteiger partial charge in [-0.2, -0.15) is 0 Å². The van der Waals surface area contributed by atoms with Gasteiger partial charge in [-0.1, -0.05) is 312 Å². The van der Waals surface area contributed by atoms with Crippen molar-refractivity contribution in [3.05, 3.63) is 72.9 Å². The molecule has 6 heteroatoms. The molecule has 0 aliphatic carbocycles. The third kappa shape index (κ3) is 61.6. The van der Waals surface area contributed by atoms with Crippen molar-refractivity contribution in [3.63, 3.8) is 0 Å². The molecule has 0 heterocycles. The van der Waals surface area contributed by atoms with Crippen LogP contribution in [-0.4, -0.2) is 37.2 Å². The minimum Gasteiger partial charge on any atom is -0.462 e. The van der Waals surface area contributed by atoms with Gasteiger partial charge in [0.1, 0.15) is 13.2 Å². The standard InChI is InChI=1S/C69H122O6/c1-4-7-10-13-16-18-20-22-24-26-28-29-30-31-32-33-34-35-36-37-38-39-40-41-42-44-45-47-49-51-53-56-59-62-68(71)74-65-66(64-73-67(70)61-58-55-15-12-9-6-3)75-69(72)63-60-57-54-52-50-48-46-43-27-25-23-21-19-17-14-11-8-5-2/h7,10,16,18,22,24,28-29,31-32,34-35,66H,4-6,8-9,11-15,17,19-21,23,25-27,30,33,36-65H2,1-3H3/b10-7-,18-16-,24-22-,29-28-,32-31-,35-34-. The van der Waals surface area contributed by atoms with Crippen LogP contribution in [0, 0.1) is 0 Å². The van der Waals surface area contributed by atoms with E-state index >= 15 is 0 Å². The summed E-state index contributed by atoms with van der Waals surface area (Å²) < 4.78 is 16.8. The minimum absolute atomic E-state index is 0.0703. The van der Waals surface area contributed by atoms with Gasteiger partial charge in [0.15, 0.2) is 6.10 Å². The molecule has 0 radical (unpaired) electrons. The van der Waals surface area contributed by atoms with Gasteiger partial charge in [-0.3, -0.25) is 14.4 Å². The van der Waals surface area contributed by atoms with Crippen LogP contribution in [0.3, 0.4) is 0 Å². The molecule has 0 aromatic heterocycles. The van der Waals surface area contributed by atoms with Crippen molar-refractivity contribution in [1.82, 2.24) is 0 Å². The number of ether oxygens (including phenoxy) is 3. The van der Waals surface area contributed by atoms with Gasteiger partial charge in [-0.15, -0.1) is 0 Å². The van der Waals surface area contributed by atoms with E-state index in [-0.39, 0.29) is 31.1 Å². The number of carbonyl (C=O) groups excluding carboxylic acids is 3. The first kappa shape index (κ1) is 71.8. The smallest absolute Gasteiger partial charge is 0.306 e. The van der Waals surface area contributed by atoms with E-state index in [2.05, 4.69) is 93.7 Å². The lowest BCUT2D eigenvalue weighted by atomic mass is 10.0. The van der Waals surface area contributed by atoms with Gasteiger partial charge in [-0.25, -0.2) is 0 Å². The van der Waals surface area contributed by atoms with E-state index in [0.29, 0.717) is 19.3 Å². The SMILES string of the molecule is CC/C=C\C/C=C\C/C=C\C/C=C\C/C=C\C/C=C\CCCCCCCCCCCCCCCCC(=O)OCC(COC(=O)CCCCCCCC)OC(=O)CCCCCCCCCCCCCCCCCCCC. The van der Waals surface area contributed by atoms with Crippen molar-refractivity contribution in [2.75, 3.05) is 13.2 Å². The molecule has 0 spiro atoms. The normalized spacial score (nSPS) is 12.5. The van der Waals surface area contributed by atoms with Crippen LogP contribution in [0.1, 0.15) is 329 Å². The maximum atomic E-state index is 12.8. The first-order valence-electron chi connectivity index (χ1n) is 32.4. The van der Waals surface area contributed by atoms with Crippen LogP contribution < -0.4 is 0 Å². The average molecular weight is 1050 g/mol. The van der Waals surface area contributed by atoms with Crippen molar-refractivity contribution in [3.8, 4) is 0 Å². The lowest BCUT2D eigenvalue weighted by Gasteiger charge is -2.18. The molecule has 0 aromatic carbocycles. The zero-order chi connectivity index (χ0) is 54.3. The lowest BCUT2D eigenvalue weighted by Crippen LogP contribution is -2.30. The average Bonchev–Trinajstić information content (AvgIpc) is 3.41. The molecule has 0 fully saturated rings. The van der Waals surface area contributed by atoms with Gasteiger partial charge in [-0.05, 0) is 70.6 Å². The van der Waals surface area contributed by atoms with E-state index in [9.17, 15) is 14.4 Å². The quantitative estimate of drug-likeness (QED) is 0.0261. The third-order valence-electron chi connectivity index (χ3n) is 14.2. The zero-order valence-electron chi connectivity index (χ0n) is 49.8. The number of hydrogen-bond acceptors (Lipinski definition) is 6. The van der Waals surface area contributed by atoms with Crippen LogP contribution in [0.15, 0.2) is 72.9 Å². The molecule has 0 aliphatic heterocycles. The Morgan fingerprint density at radius 1 is 0.280 bits per heavy atom. The van der Waals surface area contributed by atoms with Gasteiger partial charge in [0, 0.05) is 19.3 Å². The highest BCUT2D eigenvalue weighted by atomic mass is 16.6. The highest BCUT2D eigenvalue weighted by Gasteiger charge is 2.19. The van der Waals surface area contributed by atoms with E-state index in [1.165, 1.54) is 193 Å². The van der Waals surface area contributed by atoms with Gasteiger partial charge in [0.25, 0.3) is 0 Å². The van der Waals surface area contributed by atoms with Crippen molar-refractivity contribution in [2.45, 2.75) is 335 Å². The van der Waals surface area contributed by atoms with E-state index < -0.39 is 6.10 Å². The third-order valence-corrected chi connectivity index (χ3v) is 14.2. The van der Waals surface area contributed by atoms with Crippen LogP contribution in [-0.2, 0) is 28.6 Å². The Hall–Kier alpha value is -3.15. The molecular formula is C69H122O6. The van der Waals surface area contributed by atoms with Crippen molar-refractivity contribution < 1.29 is 28.6 Å². The van der Waals surface area contributed by atoms with Gasteiger partial charge < -0.3 is 14.2 Å². The number of esters is 3. The van der Waals surface area contributed by atoms with Crippen molar-refractivity contribution >= 4 is 17.9 Å². The summed E-state index contributed by atoms with van der Waals surface area (Å²) in [6.07, 6.45) is 82.4. The summed E-state index contributed by atoms with van der Waals surface area (Å²) in [6.45, 7) is 6.51. The summed E-state index contributed by atoms with van der Waals surface area (Å²) in [5.41, 5.74) is 0. The number of allylic oxidation sites excluding steroid dienone is 12. The van der Waals surface area contributed by atoms with Crippen molar-refractivity contribution in [2.24, 2.45) is 0 Å². The fraction of sp³-hybridized carbons (Fsp3) is 0.783.